The van der Waals surface area contributed by atoms with Crippen LogP contribution in [0.15, 0.2) is 24.3 Å². The first-order valence-electron chi connectivity index (χ1n) is 6.52. The predicted octanol–water partition coefficient (Wildman–Crippen LogP) is 2.67. The largest absolute Gasteiger partial charge is 0.298 e. The molecular weight excluding hydrogens is 229 g/mol. The summed E-state index contributed by atoms with van der Waals surface area (Å²) in [7, 11) is 2.01. The number of nitrogens with zero attached hydrogens (tertiary/aromatic N) is 1. The summed E-state index contributed by atoms with van der Waals surface area (Å²) in [6.07, 6.45) is 2.97. The Bertz CT molecular complexity index is 411. The second kappa shape index (κ2) is 5.61. The zero-order valence-corrected chi connectivity index (χ0v) is 11.0. The van der Waals surface area contributed by atoms with Crippen molar-refractivity contribution < 1.29 is 9.18 Å². The number of carbonyl (C=O) groups is 1. The number of Topliss-reactive ketones (excluding diaryl/α,β-unsaturated/α-hetero) is 1. The summed E-state index contributed by atoms with van der Waals surface area (Å²) in [6.45, 7) is 2.66. The average molecular weight is 249 g/mol. The van der Waals surface area contributed by atoms with Crippen molar-refractivity contribution in [2.45, 2.75) is 32.2 Å². The third-order valence-electron chi connectivity index (χ3n) is 3.74. The fourth-order valence-electron chi connectivity index (χ4n) is 2.25. The molecule has 2 rings (SSSR count). The van der Waals surface area contributed by atoms with Crippen molar-refractivity contribution in [2.24, 2.45) is 5.92 Å². The number of carbonyl (C=O) groups excluding carboxylic acids is 1. The minimum atomic E-state index is -0.259. The van der Waals surface area contributed by atoms with E-state index in [-0.39, 0.29) is 11.6 Å². The molecule has 1 saturated carbocycles. The molecule has 98 valence electrons. The van der Waals surface area contributed by atoms with Gasteiger partial charge in [-0.05, 0) is 50.4 Å². The molecule has 0 aliphatic heterocycles. The highest BCUT2D eigenvalue weighted by Crippen LogP contribution is 2.34. The van der Waals surface area contributed by atoms with Crippen molar-refractivity contribution in [3.63, 3.8) is 0 Å². The molecule has 3 heteroatoms. The van der Waals surface area contributed by atoms with Crippen LogP contribution in [-0.2, 0) is 11.2 Å². The van der Waals surface area contributed by atoms with Gasteiger partial charge in [0.05, 0.1) is 6.54 Å². The molecule has 0 radical (unpaired) electrons. The van der Waals surface area contributed by atoms with Gasteiger partial charge in [-0.1, -0.05) is 12.1 Å². The van der Waals surface area contributed by atoms with Crippen LogP contribution in [0.1, 0.15) is 25.3 Å². The van der Waals surface area contributed by atoms with Gasteiger partial charge in [-0.2, -0.15) is 0 Å². The van der Waals surface area contributed by atoms with E-state index in [0.29, 0.717) is 19.0 Å². The van der Waals surface area contributed by atoms with Gasteiger partial charge in [-0.15, -0.1) is 0 Å². The summed E-state index contributed by atoms with van der Waals surface area (Å²) in [6, 6.07) is 6.65. The zero-order valence-electron chi connectivity index (χ0n) is 11.0. The summed E-state index contributed by atoms with van der Waals surface area (Å²) in [5, 5.41) is 0. The number of ketones is 1. The Kier molecular flexibility index (Phi) is 4.12. The fraction of sp³-hybridized carbons (Fsp3) is 0.533. The average Bonchev–Trinajstić information content (AvgIpc) is 3.15. The van der Waals surface area contributed by atoms with Crippen LogP contribution >= 0.6 is 0 Å². The molecule has 18 heavy (non-hydrogen) atoms. The van der Waals surface area contributed by atoms with Gasteiger partial charge in [0.15, 0.2) is 5.78 Å². The van der Waals surface area contributed by atoms with Crippen LogP contribution in [0, 0.1) is 11.7 Å². The van der Waals surface area contributed by atoms with Gasteiger partial charge in [-0.3, -0.25) is 9.69 Å². The Labute approximate surface area is 108 Å². The molecule has 1 unspecified atom stereocenters. The second-order valence-electron chi connectivity index (χ2n) is 5.34. The van der Waals surface area contributed by atoms with Crippen LogP contribution in [0.2, 0.25) is 0 Å². The fourth-order valence-corrected chi connectivity index (χ4v) is 2.25. The van der Waals surface area contributed by atoms with Gasteiger partial charge in [0, 0.05) is 12.5 Å². The van der Waals surface area contributed by atoms with Crippen LogP contribution in [0.4, 0.5) is 4.39 Å². The van der Waals surface area contributed by atoms with Gasteiger partial charge in [-0.25, -0.2) is 4.39 Å². The Morgan fingerprint density at radius 2 is 2.00 bits per heavy atom. The normalized spacial score (nSPS) is 16.9. The van der Waals surface area contributed by atoms with E-state index < -0.39 is 0 Å². The van der Waals surface area contributed by atoms with E-state index in [0.717, 1.165) is 11.5 Å². The van der Waals surface area contributed by atoms with Crippen LogP contribution in [-0.4, -0.2) is 30.3 Å². The molecule has 1 aliphatic rings. The van der Waals surface area contributed by atoms with Crippen molar-refractivity contribution in [1.82, 2.24) is 4.90 Å². The van der Waals surface area contributed by atoms with Crippen molar-refractivity contribution in [1.29, 1.82) is 0 Å². The monoisotopic (exact) mass is 249 g/mol. The number of halogens is 1. The van der Waals surface area contributed by atoms with E-state index in [2.05, 4.69) is 11.8 Å². The van der Waals surface area contributed by atoms with Gasteiger partial charge in [0.25, 0.3) is 0 Å². The lowest BCUT2D eigenvalue weighted by Gasteiger charge is -2.23. The first-order valence-corrected chi connectivity index (χ1v) is 6.52. The number of likely N-dealkylation sites (N-methyl/N-ethyl adjacent to an activating group) is 1. The predicted molar refractivity (Wildman–Crippen MR) is 69.9 cm³/mol. The van der Waals surface area contributed by atoms with Crippen LogP contribution < -0.4 is 0 Å². The summed E-state index contributed by atoms with van der Waals surface area (Å²) < 4.78 is 12.7. The molecule has 1 aliphatic carbocycles. The number of hydrogen-bond acceptors (Lipinski definition) is 2. The van der Waals surface area contributed by atoms with Gasteiger partial charge in [0.2, 0.25) is 0 Å². The maximum atomic E-state index is 12.7. The van der Waals surface area contributed by atoms with E-state index in [1.54, 1.807) is 12.1 Å². The number of hydrogen-bond donors (Lipinski definition) is 0. The molecule has 1 fully saturated rings. The first kappa shape index (κ1) is 13.2. The second-order valence-corrected chi connectivity index (χ2v) is 5.34. The molecule has 0 saturated heterocycles. The van der Waals surface area contributed by atoms with Gasteiger partial charge in [0.1, 0.15) is 5.82 Å². The van der Waals surface area contributed by atoms with Crippen molar-refractivity contribution >= 4 is 5.78 Å². The molecule has 1 aromatic rings. The van der Waals surface area contributed by atoms with Crippen LogP contribution in [0.5, 0.6) is 0 Å². The molecule has 0 bridgehead atoms. The third-order valence-corrected chi connectivity index (χ3v) is 3.74. The maximum Gasteiger partial charge on any atom is 0.151 e. The third kappa shape index (κ3) is 3.64. The van der Waals surface area contributed by atoms with Gasteiger partial charge < -0.3 is 0 Å². The molecule has 0 aromatic heterocycles. The first-order chi connectivity index (χ1) is 8.56. The van der Waals surface area contributed by atoms with E-state index in [1.807, 2.05) is 7.05 Å². The highest BCUT2D eigenvalue weighted by molar-refractivity contribution is 5.82. The van der Waals surface area contributed by atoms with E-state index >= 15 is 0 Å². The van der Waals surface area contributed by atoms with Crippen molar-refractivity contribution in [3.05, 3.63) is 35.6 Å². The Morgan fingerprint density at radius 1 is 1.39 bits per heavy atom. The smallest absolute Gasteiger partial charge is 0.151 e. The standard InChI is InChI=1S/C15H20FNO/c1-11(13-5-6-13)17(2)10-15(18)9-12-3-7-14(16)8-4-12/h3-4,7-8,11,13H,5-6,9-10H2,1-2H3. The Hall–Kier alpha value is -1.22. The lowest BCUT2D eigenvalue weighted by molar-refractivity contribution is -0.119. The van der Waals surface area contributed by atoms with Crippen molar-refractivity contribution in [2.75, 3.05) is 13.6 Å². The molecule has 0 amide bonds. The SMILES string of the molecule is CC(C1CC1)N(C)CC(=O)Cc1ccc(F)cc1. The number of rotatable bonds is 6. The Morgan fingerprint density at radius 3 is 2.56 bits per heavy atom. The summed E-state index contributed by atoms with van der Waals surface area (Å²) >= 11 is 0. The van der Waals surface area contributed by atoms with Crippen LogP contribution in [0.3, 0.4) is 0 Å². The molecule has 0 N–H and O–H groups in total. The van der Waals surface area contributed by atoms with E-state index in [1.165, 1.54) is 25.0 Å². The van der Waals surface area contributed by atoms with E-state index in [9.17, 15) is 9.18 Å². The Balaban J connectivity index is 1.82. The summed E-state index contributed by atoms with van der Waals surface area (Å²) in [5.74, 6) is 0.705. The lowest BCUT2D eigenvalue weighted by Crippen LogP contribution is -2.35. The molecule has 1 atom stereocenters. The van der Waals surface area contributed by atoms with Gasteiger partial charge >= 0.3 is 0 Å². The molecule has 0 spiro atoms. The topological polar surface area (TPSA) is 20.3 Å². The summed E-state index contributed by atoms with van der Waals surface area (Å²) in [4.78, 5) is 14.0. The molecular formula is C15H20FNO. The highest BCUT2D eigenvalue weighted by atomic mass is 19.1. The quantitative estimate of drug-likeness (QED) is 0.772. The lowest BCUT2D eigenvalue weighted by atomic mass is 10.1. The highest BCUT2D eigenvalue weighted by Gasteiger charge is 2.30. The molecule has 1 aromatic carbocycles. The summed E-state index contributed by atoms with van der Waals surface area (Å²) in [5.41, 5.74) is 0.883. The molecule has 0 heterocycles. The molecule has 2 nitrogen and oxygen atoms in total. The zero-order chi connectivity index (χ0) is 13.1. The minimum Gasteiger partial charge on any atom is -0.298 e. The van der Waals surface area contributed by atoms with E-state index in [4.69, 9.17) is 0 Å². The van der Waals surface area contributed by atoms with Crippen LogP contribution in [0.25, 0.3) is 0 Å². The number of benzene rings is 1. The maximum absolute atomic E-state index is 12.7. The van der Waals surface area contributed by atoms with Crippen molar-refractivity contribution in [3.8, 4) is 0 Å². The minimum absolute atomic E-state index is 0.191.